The van der Waals surface area contributed by atoms with Crippen molar-refractivity contribution in [1.29, 1.82) is 0 Å². The normalized spacial score (nSPS) is 15.3. The van der Waals surface area contributed by atoms with E-state index >= 15 is 0 Å². The lowest BCUT2D eigenvalue weighted by molar-refractivity contribution is -0.924. The van der Waals surface area contributed by atoms with E-state index in [4.69, 9.17) is 16.6 Å². The van der Waals surface area contributed by atoms with Crippen molar-refractivity contribution in [1.82, 2.24) is 9.78 Å². The molecule has 3 aromatic rings. The maximum atomic E-state index is 5.76. The molecule has 0 bridgehead atoms. The van der Waals surface area contributed by atoms with E-state index in [-0.39, 0.29) is 0 Å². The van der Waals surface area contributed by atoms with E-state index in [1.54, 1.807) is 0 Å². The molecule has 2 aromatic carbocycles. The molecule has 5 nitrogen and oxygen atoms in total. The van der Waals surface area contributed by atoms with Crippen LogP contribution < -0.4 is 9.80 Å². The Labute approximate surface area is 158 Å². The second kappa shape index (κ2) is 7.43. The largest absolute Gasteiger partial charge is 0.409 e. The van der Waals surface area contributed by atoms with E-state index in [1.807, 2.05) is 22.9 Å². The fraction of sp³-hybridized carbons (Fsp3) is 0.300. The van der Waals surface area contributed by atoms with E-state index in [9.17, 15) is 0 Å². The second-order valence-corrected chi connectivity index (χ2v) is 7.07. The topological polar surface area (TPSA) is 38.6 Å². The van der Waals surface area contributed by atoms with Crippen molar-refractivity contribution in [3.63, 3.8) is 0 Å². The third kappa shape index (κ3) is 3.57. The Hall–Kier alpha value is -2.44. The van der Waals surface area contributed by atoms with Crippen LogP contribution in [0.5, 0.6) is 0 Å². The van der Waals surface area contributed by atoms with Crippen LogP contribution >= 0.6 is 12.2 Å². The first kappa shape index (κ1) is 17.0. The summed E-state index contributed by atoms with van der Waals surface area (Å²) in [6.07, 6.45) is 0. The van der Waals surface area contributed by atoms with Crippen molar-refractivity contribution in [2.75, 3.05) is 31.1 Å². The first-order chi connectivity index (χ1) is 12.7. The van der Waals surface area contributed by atoms with Crippen molar-refractivity contribution in [2.45, 2.75) is 13.6 Å². The highest BCUT2D eigenvalue weighted by atomic mass is 32.1. The fourth-order valence-corrected chi connectivity index (χ4v) is 3.60. The van der Waals surface area contributed by atoms with E-state index in [0.717, 1.165) is 44.0 Å². The number of aromatic nitrogens is 2. The van der Waals surface area contributed by atoms with Crippen LogP contribution in [-0.4, -0.2) is 36.0 Å². The third-order valence-corrected chi connectivity index (χ3v) is 5.24. The summed E-state index contributed by atoms with van der Waals surface area (Å²) >= 11 is 5.39. The first-order valence-corrected chi connectivity index (χ1v) is 9.39. The molecule has 0 atom stereocenters. The van der Waals surface area contributed by atoms with Gasteiger partial charge < -0.3 is 14.2 Å². The molecular weight excluding hydrogens is 344 g/mol. The van der Waals surface area contributed by atoms with Crippen molar-refractivity contribution in [3.05, 3.63) is 65.0 Å². The SMILES string of the molecule is Cc1ccccc1-c1nn(C[NH+]2CCN(c3ccccc3)CC2)c(=S)o1. The van der Waals surface area contributed by atoms with Gasteiger partial charge in [-0.15, -0.1) is 5.10 Å². The van der Waals surface area contributed by atoms with E-state index in [0.29, 0.717) is 10.7 Å². The Morgan fingerprint density at radius 3 is 2.46 bits per heavy atom. The van der Waals surface area contributed by atoms with Crippen LogP contribution in [0.15, 0.2) is 59.0 Å². The fourth-order valence-electron chi connectivity index (χ4n) is 3.42. The van der Waals surface area contributed by atoms with Crippen LogP contribution in [0.2, 0.25) is 0 Å². The summed E-state index contributed by atoms with van der Waals surface area (Å²) in [7, 11) is 0. The van der Waals surface area contributed by atoms with Gasteiger partial charge in [-0.2, -0.15) is 4.68 Å². The molecule has 1 fully saturated rings. The molecule has 0 unspecified atom stereocenters. The summed E-state index contributed by atoms with van der Waals surface area (Å²) < 4.78 is 7.58. The average molecular weight is 367 g/mol. The number of rotatable bonds is 4. The molecule has 1 aliphatic heterocycles. The molecule has 1 aliphatic rings. The summed E-state index contributed by atoms with van der Waals surface area (Å²) in [4.78, 5) is 4.35. The Morgan fingerprint density at radius 1 is 1.04 bits per heavy atom. The van der Waals surface area contributed by atoms with Crippen LogP contribution in [0, 0.1) is 11.8 Å². The maximum Gasteiger partial charge on any atom is 0.292 e. The second-order valence-electron chi connectivity index (χ2n) is 6.72. The number of quaternary nitrogens is 1. The number of para-hydroxylation sites is 1. The van der Waals surface area contributed by atoms with Crippen LogP contribution in [0.1, 0.15) is 5.56 Å². The zero-order valence-corrected chi connectivity index (χ0v) is 15.7. The number of aryl methyl sites for hydroxylation is 1. The van der Waals surface area contributed by atoms with Crippen molar-refractivity contribution in [3.8, 4) is 11.5 Å². The van der Waals surface area contributed by atoms with E-state index < -0.39 is 0 Å². The predicted molar refractivity (Wildman–Crippen MR) is 105 cm³/mol. The minimum atomic E-state index is 0.446. The summed E-state index contributed by atoms with van der Waals surface area (Å²) in [5, 5.41) is 4.62. The number of nitrogens with one attached hydrogen (secondary N) is 1. The van der Waals surface area contributed by atoms with E-state index in [2.05, 4.69) is 53.3 Å². The summed E-state index contributed by atoms with van der Waals surface area (Å²) in [6.45, 7) is 6.99. The van der Waals surface area contributed by atoms with E-state index in [1.165, 1.54) is 10.6 Å². The van der Waals surface area contributed by atoms with Crippen LogP contribution in [0.25, 0.3) is 11.5 Å². The number of nitrogens with zero attached hydrogens (tertiary/aromatic N) is 3. The van der Waals surface area contributed by atoms with Crippen molar-refractivity contribution in [2.24, 2.45) is 0 Å². The lowest BCUT2D eigenvalue weighted by Crippen LogP contribution is -3.14. The number of piperazine rings is 1. The minimum Gasteiger partial charge on any atom is -0.409 e. The zero-order valence-electron chi connectivity index (χ0n) is 14.9. The molecule has 4 rings (SSSR count). The molecule has 134 valence electrons. The molecule has 2 heterocycles. The first-order valence-electron chi connectivity index (χ1n) is 8.98. The summed E-state index contributed by atoms with van der Waals surface area (Å²) in [5.74, 6) is 0.607. The van der Waals surface area contributed by atoms with Gasteiger partial charge in [0.1, 0.15) is 0 Å². The van der Waals surface area contributed by atoms with Gasteiger partial charge in [-0.25, -0.2) is 0 Å². The monoisotopic (exact) mass is 367 g/mol. The molecule has 0 saturated carbocycles. The molecule has 1 aromatic heterocycles. The van der Waals surface area contributed by atoms with Crippen LogP contribution in [-0.2, 0) is 6.67 Å². The van der Waals surface area contributed by atoms with Gasteiger partial charge in [-0.1, -0.05) is 36.4 Å². The lowest BCUT2D eigenvalue weighted by Gasteiger charge is -2.33. The molecule has 0 aliphatic carbocycles. The number of anilines is 1. The highest BCUT2D eigenvalue weighted by Gasteiger charge is 2.21. The number of benzene rings is 2. The number of hydrogen-bond acceptors (Lipinski definition) is 4. The highest BCUT2D eigenvalue weighted by molar-refractivity contribution is 7.71. The molecule has 26 heavy (non-hydrogen) atoms. The van der Waals surface area contributed by atoms with Gasteiger partial charge in [-0.05, 0) is 42.9 Å². The van der Waals surface area contributed by atoms with Gasteiger partial charge in [-0.3, -0.25) is 0 Å². The van der Waals surface area contributed by atoms with Crippen LogP contribution in [0.3, 0.4) is 0 Å². The Bertz CT molecular complexity index is 926. The summed E-state index contributed by atoms with van der Waals surface area (Å²) in [5.41, 5.74) is 3.44. The van der Waals surface area contributed by atoms with Gasteiger partial charge >= 0.3 is 0 Å². The molecule has 0 radical (unpaired) electrons. The molecule has 1 saturated heterocycles. The molecule has 0 amide bonds. The zero-order chi connectivity index (χ0) is 17.9. The third-order valence-electron chi connectivity index (χ3n) is 4.95. The van der Waals surface area contributed by atoms with Crippen molar-refractivity contribution < 1.29 is 9.32 Å². The van der Waals surface area contributed by atoms with Gasteiger partial charge in [0.15, 0.2) is 6.67 Å². The summed E-state index contributed by atoms with van der Waals surface area (Å²) in [6, 6.07) is 18.7. The smallest absolute Gasteiger partial charge is 0.292 e. The predicted octanol–water partition coefficient (Wildman–Crippen LogP) is 2.54. The molecule has 6 heteroatoms. The van der Waals surface area contributed by atoms with Gasteiger partial charge in [0, 0.05) is 11.3 Å². The Balaban J connectivity index is 1.43. The minimum absolute atomic E-state index is 0.446. The lowest BCUT2D eigenvalue weighted by atomic mass is 10.1. The Morgan fingerprint density at radius 2 is 1.73 bits per heavy atom. The van der Waals surface area contributed by atoms with Crippen LogP contribution in [0.4, 0.5) is 5.69 Å². The standard InChI is InChI=1S/C20H22N4OS/c1-16-7-5-6-10-18(16)19-21-24(20(26)25-19)15-22-11-13-23(14-12-22)17-8-3-2-4-9-17/h2-10H,11-15H2,1H3/p+1. The average Bonchev–Trinajstić information content (AvgIpc) is 3.04. The highest BCUT2D eigenvalue weighted by Crippen LogP contribution is 2.21. The quantitative estimate of drug-likeness (QED) is 0.720. The maximum absolute atomic E-state index is 5.76. The Kier molecular flexibility index (Phi) is 4.86. The van der Waals surface area contributed by atoms with Gasteiger partial charge in [0.05, 0.1) is 26.2 Å². The number of hydrogen-bond donors (Lipinski definition) is 1. The molecular formula is C20H23N4OS+. The van der Waals surface area contributed by atoms with Gasteiger partial charge in [0.25, 0.3) is 4.84 Å². The molecule has 1 N–H and O–H groups in total. The van der Waals surface area contributed by atoms with Gasteiger partial charge in [0.2, 0.25) is 5.89 Å². The molecule has 0 spiro atoms. The van der Waals surface area contributed by atoms with Crippen molar-refractivity contribution >= 4 is 17.9 Å².